The summed E-state index contributed by atoms with van der Waals surface area (Å²) in [7, 11) is -3.86. The smallest absolute Gasteiger partial charge is 0.313 e. The zero-order valence-electron chi connectivity index (χ0n) is 23.8. The van der Waals surface area contributed by atoms with E-state index >= 15 is 0 Å². The van der Waals surface area contributed by atoms with Gasteiger partial charge < -0.3 is 9.47 Å². The highest BCUT2D eigenvalue weighted by molar-refractivity contribution is 7.90. The second kappa shape index (κ2) is 11.9. The SMILES string of the molecule is CCOC(=O)CC1=Nc2ccccc2S(=O)(=O)N1CCCOc1cc(CC(C)(C)C)ccc1CC(C)(C)C. The summed E-state index contributed by atoms with van der Waals surface area (Å²) in [5.74, 6) is 0.501. The van der Waals surface area contributed by atoms with Crippen molar-refractivity contribution >= 4 is 27.5 Å². The zero-order valence-corrected chi connectivity index (χ0v) is 24.7. The minimum atomic E-state index is -3.86. The fourth-order valence-corrected chi connectivity index (χ4v) is 6.12. The molecule has 0 amide bonds. The second-order valence-electron chi connectivity index (χ2n) is 12.2. The molecule has 0 bridgehead atoms. The van der Waals surface area contributed by atoms with Gasteiger partial charge in [-0.2, -0.15) is 0 Å². The van der Waals surface area contributed by atoms with Gasteiger partial charge in [0.25, 0.3) is 10.0 Å². The van der Waals surface area contributed by atoms with Crippen LogP contribution in [0.1, 0.15) is 72.4 Å². The predicted octanol–water partition coefficient (Wildman–Crippen LogP) is 6.32. The van der Waals surface area contributed by atoms with Crippen molar-refractivity contribution in [3.05, 3.63) is 53.6 Å². The second-order valence-corrected chi connectivity index (χ2v) is 14.0. The molecule has 0 fully saturated rings. The fraction of sp³-hybridized carbons (Fsp3) is 0.533. The van der Waals surface area contributed by atoms with Crippen molar-refractivity contribution in [2.45, 2.75) is 79.0 Å². The van der Waals surface area contributed by atoms with Crippen LogP contribution in [0.2, 0.25) is 0 Å². The topological polar surface area (TPSA) is 85.3 Å². The van der Waals surface area contributed by atoms with E-state index in [1.807, 2.05) is 0 Å². The molecular formula is C30H42N2O5S. The summed E-state index contributed by atoms with van der Waals surface area (Å²) in [6.07, 6.45) is 2.01. The number of ether oxygens (including phenoxy) is 2. The van der Waals surface area contributed by atoms with Gasteiger partial charge in [-0.05, 0) is 59.9 Å². The Bertz CT molecular complexity index is 1270. The van der Waals surface area contributed by atoms with E-state index in [4.69, 9.17) is 9.47 Å². The number of hydrogen-bond donors (Lipinski definition) is 0. The Morgan fingerprint density at radius 2 is 1.66 bits per heavy atom. The number of carbonyl (C=O) groups is 1. The van der Waals surface area contributed by atoms with E-state index < -0.39 is 16.0 Å². The van der Waals surface area contributed by atoms with Crippen molar-refractivity contribution in [2.75, 3.05) is 19.8 Å². The zero-order chi connectivity index (χ0) is 28.1. The number of nitrogens with zero attached hydrogens (tertiary/aromatic N) is 2. The molecule has 1 heterocycles. The normalized spacial score (nSPS) is 15.0. The van der Waals surface area contributed by atoms with E-state index in [1.165, 1.54) is 15.9 Å². The first-order valence-corrected chi connectivity index (χ1v) is 14.7. The quantitative estimate of drug-likeness (QED) is 0.259. The van der Waals surface area contributed by atoms with E-state index in [0.29, 0.717) is 18.7 Å². The lowest BCUT2D eigenvalue weighted by Crippen LogP contribution is -2.41. The average molecular weight is 543 g/mol. The number of benzene rings is 2. The van der Waals surface area contributed by atoms with Gasteiger partial charge in [0, 0.05) is 13.0 Å². The standard InChI is InChI=1S/C30H42N2O5S/c1-8-36-28(33)19-27-31-24-12-9-10-13-26(24)38(34,35)32(27)16-11-17-37-25-18-22(20-29(2,3)4)14-15-23(25)21-30(5,6)7/h9-10,12-15,18H,8,11,16-17,19-21H2,1-7H3. The van der Waals surface area contributed by atoms with Crippen LogP contribution in [0.15, 0.2) is 52.4 Å². The number of aliphatic imine (C=N–C) groups is 1. The highest BCUT2D eigenvalue weighted by Crippen LogP contribution is 2.34. The molecule has 38 heavy (non-hydrogen) atoms. The highest BCUT2D eigenvalue weighted by Gasteiger charge is 2.34. The Kier molecular flexibility index (Phi) is 9.29. The third-order valence-electron chi connectivity index (χ3n) is 5.93. The number of rotatable bonds is 10. The van der Waals surface area contributed by atoms with Crippen LogP contribution in [-0.2, 0) is 32.4 Å². The molecule has 0 N–H and O–H groups in total. The van der Waals surface area contributed by atoms with E-state index in [0.717, 1.165) is 24.2 Å². The first kappa shape index (κ1) is 29.7. The molecule has 0 saturated carbocycles. The van der Waals surface area contributed by atoms with Crippen LogP contribution in [0.3, 0.4) is 0 Å². The van der Waals surface area contributed by atoms with Gasteiger partial charge in [-0.25, -0.2) is 13.4 Å². The molecule has 1 aliphatic rings. The molecule has 0 spiro atoms. The summed E-state index contributed by atoms with van der Waals surface area (Å²) in [5.41, 5.74) is 2.93. The third-order valence-corrected chi connectivity index (χ3v) is 7.80. The molecule has 0 saturated heterocycles. The Morgan fingerprint density at radius 3 is 2.32 bits per heavy atom. The number of carbonyl (C=O) groups excluding carboxylic acids is 1. The number of esters is 1. The van der Waals surface area contributed by atoms with Crippen molar-refractivity contribution in [3.8, 4) is 5.75 Å². The molecule has 2 aromatic carbocycles. The summed E-state index contributed by atoms with van der Waals surface area (Å²) in [6.45, 7) is 15.6. The molecule has 0 aliphatic carbocycles. The molecule has 0 atom stereocenters. The van der Waals surface area contributed by atoms with Gasteiger partial charge in [0.1, 0.15) is 22.9 Å². The van der Waals surface area contributed by atoms with Crippen LogP contribution in [0.5, 0.6) is 5.75 Å². The lowest BCUT2D eigenvalue weighted by molar-refractivity contribution is -0.141. The molecule has 0 radical (unpaired) electrons. The molecular weight excluding hydrogens is 500 g/mol. The van der Waals surface area contributed by atoms with Crippen molar-refractivity contribution in [2.24, 2.45) is 15.8 Å². The Hall–Kier alpha value is -2.87. The van der Waals surface area contributed by atoms with Crippen molar-refractivity contribution in [3.63, 3.8) is 0 Å². The van der Waals surface area contributed by atoms with Gasteiger partial charge in [0.2, 0.25) is 0 Å². The minimum Gasteiger partial charge on any atom is -0.493 e. The van der Waals surface area contributed by atoms with Gasteiger partial charge in [0.05, 0.1) is 18.9 Å². The summed E-state index contributed by atoms with van der Waals surface area (Å²) in [6, 6.07) is 13.0. The number of hydrogen-bond acceptors (Lipinski definition) is 6. The van der Waals surface area contributed by atoms with Gasteiger partial charge in [-0.3, -0.25) is 9.10 Å². The number of amidine groups is 1. The largest absolute Gasteiger partial charge is 0.493 e. The van der Waals surface area contributed by atoms with E-state index in [-0.39, 0.29) is 41.1 Å². The maximum absolute atomic E-state index is 13.5. The maximum Gasteiger partial charge on any atom is 0.313 e. The van der Waals surface area contributed by atoms with Gasteiger partial charge in [-0.15, -0.1) is 0 Å². The third kappa shape index (κ3) is 8.06. The average Bonchev–Trinajstić information content (AvgIpc) is 2.78. The number of sulfonamides is 1. The molecule has 8 heteroatoms. The lowest BCUT2D eigenvalue weighted by Gasteiger charge is -2.29. The van der Waals surface area contributed by atoms with Gasteiger partial charge in [-0.1, -0.05) is 65.8 Å². The van der Waals surface area contributed by atoms with Crippen LogP contribution in [-0.4, -0.2) is 44.3 Å². The fourth-order valence-electron chi connectivity index (χ4n) is 4.50. The Balaban J connectivity index is 1.78. The lowest BCUT2D eigenvalue weighted by atomic mass is 9.85. The number of fused-ring (bicyclic) bond motifs is 1. The Morgan fingerprint density at radius 1 is 0.974 bits per heavy atom. The van der Waals surface area contributed by atoms with Gasteiger partial charge in [0.15, 0.2) is 0 Å². The van der Waals surface area contributed by atoms with Crippen LogP contribution < -0.4 is 4.74 Å². The van der Waals surface area contributed by atoms with Crippen LogP contribution >= 0.6 is 0 Å². The molecule has 2 aromatic rings. The van der Waals surface area contributed by atoms with Crippen LogP contribution in [0.4, 0.5) is 5.69 Å². The number of para-hydroxylation sites is 1. The summed E-state index contributed by atoms with van der Waals surface area (Å²) in [5, 5.41) is 0. The maximum atomic E-state index is 13.5. The van der Waals surface area contributed by atoms with Crippen LogP contribution in [0.25, 0.3) is 0 Å². The molecule has 7 nitrogen and oxygen atoms in total. The van der Waals surface area contributed by atoms with Crippen molar-refractivity contribution in [1.82, 2.24) is 4.31 Å². The molecule has 1 aliphatic heterocycles. The Labute approximate surface area is 228 Å². The molecule has 208 valence electrons. The van der Waals surface area contributed by atoms with E-state index in [1.54, 1.807) is 25.1 Å². The van der Waals surface area contributed by atoms with E-state index in [9.17, 15) is 13.2 Å². The highest BCUT2D eigenvalue weighted by atomic mass is 32.2. The molecule has 3 rings (SSSR count). The monoisotopic (exact) mass is 542 g/mol. The van der Waals surface area contributed by atoms with Gasteiger partial charge >= 0.3 is 5.97 Å². The molecule has 0 unspecified atom stereocenters. The summed E-state index contributed by atoms with van der Waals surface area (Å²) >= 11 is 0. The van der Waals surface area contributed by atoms with Crippen LogP contribution in [0, 0.1) is 10.8 Å². The summed E-state index contributed by atoms with van der Waals surface area (Å²) in [4.78, 5) is 16.9. The first-order chi connectivity index (χ1) is 17.7. The van der Waals surface area contributed by atoms with E-state index in [2.05, 4.69) is 64.7 Å². The van der Waals surface area contributed by atoms with Crippen molar-refractivity contribution in [1.29, 1.82) is 0 Å². The predicted molar refractivity (Wildman–Crippen MR) is 152 cm³/mol. The minimum absolute atomic E-state index is 0.0946. The van der Waals surface area contributed by atoms with Crippen molar-refractivity contribution < 1.29 is 22.7 Å². The molecule has 0 aromatic heterocycles. The first-order valence-electron chi connectivity index (χ1n) is 13.3. The summed E-state index contributed by atoms with van der Waals surface area (Å²) < 4.78 is 39.5.